The number of amides is 1. The van der Waals surface area contributed by atoms with E-state index in [0.717, 1.165) is 32.8 Å². The van der Waals surface area contributed by atoms with Crippen molar-refractivity contribution >= 4 is 50.1 Å². The molecule has 0 aliphatic rings. The molecule has 0 atom stereocenters. The quantitative estimate of drug-likeness (QED) is 0.206. The zero-order valence-corrected chi connectivity index (χ0v) is 22.6. The molecular weight excluding hydrogens is 554 g/mol. The minimum absolute atomic E-state index is 0.135. The molecule has 5 rings (SSSR count). The Hall–Kier alpha value is -3.27. The van der Waals surface area contributed by atoms with Crippen LogP contribution in [0.2, 0.25) is 0 Å². The summed E-state index contributed by atoms with van der Waals surface area (Å²) in [5.74, 6) is 0.797. The average molecular weight is 577 g/mol. The van der Waals surface area contributed by atoms with Crippen LogP contribution in [0, 0.1) is 6.92 Å². The molecule has 0 unspecified atom stereocenters. The number of nitrogens with one attached hydrogen (secondary N) is 1. The zero-order valence-electron chi connectivity index (χ0n) is 19.4. The summed E-state index contributed by atoms with van der Waals surface area (Å²) in [7, 11) is 0. The summed E-state index contributed by atoms with van der Waals surface area (Å²) < 4.78 is 3.04. The Balaban J connectivity index is 1.28. The van der Waals surface area contributed by atoms with Crippen LogP contribution in [0.1, 0.15) is 16.0 Å². The van der Waals surface area contributed by atoms with Gasteiger partial charge in [0.2, 0.25) is 5.91 Å². The number of benzene rings is 3. The molecule has 180 valence electrons. The van der Waals surface area contributed by atoms with E-state index < -0.39 is 0 Å². The molecule has 0 spiro atoms. The largest absolute Gasteiger partial charge is 0.301 e. The molecule has 2 aromatic heterocycles. The minimum Gasteiger partial charge on any atom is -0.301 e. The van der Waals surface area contributed by atoms with Gasteiger partial charge in [0.25, 0.3) is 0 Å². The molecule has 0 saturated carbocycles. The predicted octanol–water partition coefficient (Wildman–Crippen LogP) is 6.78. The third-order valence-electron chi connectivity index (χ3n) is 5.38. The lowest BCUT2D eigenvalue weighted by atomic mass is 10.1. The SMILES string of the molecule is Cc1ccc(-c2nnc(SCC(=O)Nc3ncc(Cc4ccc(Br)cc4)s3)n2-c2ccccc2)cc1. The Morgan fingerprint density at radius 1 is 1.00 bits per heavy atom. The number of hydrogen-bond donors (Lipinski definition) is 1. The molecule has 0 aliphatic heterocycles. The van der Waals surface area contributed by atoms with E-state index in [1.165, 1.54) is 34.2 Å². The van der Waals surface area contributed by atoms with Gasteiger partial charge in [-0.05, 0) is 36.8 Å². The molecule has 1 N–H and O–H groups in total. The molecule has 0 radical (unpaired) electrons. The molecule has 9 heteroatoms. The number of carbonyl (C=O) groups is 1. The Labute approximate surface area is 226 Å². The first kappa shape index (κ1) is 24.4. The van der Waals surface area contributed by atoms with Crippen molar-refractivity contribution in [2.75, 3.05) is 11.1 Å². The second-order valence-corrected chi connectivity index (χ2v) is 11.1. The van der Waals surface area contributed by atoms with Gasteiger partial charge in [-0.3, -0.25) is 9.36 Å². The van der Waals surface area contributed by atoms with Gasteiger partial charge in [0.15, 0.2) is 16.1 Å². The van der Waals surface area contributed by atoms with Crippen molar-refractivity contribution in [3.63, 3.8) is 0 Å². The molecule has 36 heavy (non-hydrogen) atoms. The highest BCUT2D eigenvalue weighted by Crippen LogP contribution is 2.29. The maximum atomic E-state index is 12.7. The van der Waals surface area contributed by atoms with Crippen LogP contribution in [0.3, 0.4) is 0 Å². The molecule has 0 fully saturated rings. The molecule has 3 aromatic carbocycles. The molecule has 2 heterocycles. The first-order chi connectivity index (χ1) is 17.5. The van der Waals surface area contributed by atoms with Crippen LogP contribution in [0.4, 0.5) is 5.13 Å². The van der Waals surface area contributed by atoms with Gasteiger partial charge in [-0.1, -0.05) is 87.9 Å². The van der Waals surface area contributed by atoms with E-state index in [1.807, 2.05) is 65.4 Å². The summed E-state index contributed by atoms with van der Waals surface area (Å²) >= 11 is 6.29. The molecule has 0 aliphatic carbocycles. The number of anilines is 1. The maximum Gasteiger partial charge on any atom is 0.236 e. The fourth-order valence-electron chi connectivity index (χ4n) is 3.60. The van der Waals surface area contributed by atoms with E-state index >= 15 is 0 Å². The van der Waals surface area contributed by atoms with Crippen LogP contribution in [-0.4, -0.2) is 31.4 Å². The number of rotatable bonds is 8. The van der Waals surface area contributed by atoms with Crippen molar-refractivity contribution in [2.24, 2.45) is 0 Å². The number of nitrogens with zero attached hydrogens (tertiary/aromatic N) is 4. The normalized spacial score (nSPS) is 10.9. The van der Waals surface area contributed by atoms with Gasteiger partial charge in [0, 0.05) is 33.2 Å². The van der Waals surface area contributed by atoms with Gasteiger partial charge in [-0.15, -0.1) is 21.5 Å². The van der Waals surface area contributed by atoms with Crippen molar-refractivity contribution < 1.29 is 4.79 Å². The highest BCUT2D eigenvalue weighted by molar-refractivity contribution is 9.10. The van der Waals surface area contributed by atoms with Gasteiger partial charge in [0.05, 0.1) is 5.75 Å². The Bertz CT molecular complexity index is 1460. The monoisotopic (exact) mass is 575 g/mol. The number of halogens is 1. The Morgan fingerprint density at radius 2 is 1.75 bits per heavy atom. The van der Waals surface area contributed by atoms with Crippen molar-refractivity contribution in [3.05, 3.63) is 106 Å². The van der Waals surface area contributed by atoms with E-state index in [9.17, 15) is 4.79 Å². The standard InChI is InChI=1S/C27H22BrN5OS2/c1-18-7-11-20(12-8-18)25-31-32-27(33(25)22-5-3-2-4-6-22)35-17-24(34)30-26-29-16-23(36-26)15-19-9-13-21(28)14-10-19/h2-14,16H,15,17H2,1H3,(H,29,30,34). The van der Waals surface area contributed by atoms with Gasteiger partial charge in [0.1, 0.15) is 0 Å². The van der Waals surface area contributed by atoms with Crippen molar-refractivity contribution in [1.29, 1.82) is 0 Å². The predicted molar refractivity (Wildman–Crippen MR) is 150 cm³/mol. The lowest BCUT2D eigenvalue weighted by molar-refractivity contribution is -0.113. The van der Waals surface area contributed by atoms with E-state index in [4.69, 9.17) is 0 Å². The van der Waals surface area contributed by atoms with Crippen LogP contribution in [0.5, 0.6) is 0 Å². The molecule has 0 bridgehead atoms. The number of aromatic nitrogens is 4. The number of hydrogen-bond acceptors (Lipinski definition) is 6. The lowest BCUT2D eigenvalue weighted by Gasteiger charge is -2.10. The smallest absolute Gasteiger partial charge is 0.236 e. The summed E-state index contributed by atoms with van der Waals surface area (Å²) in [6.07, 6.45) is 2.59. The fourth-order valence-corrected chi connectivity index (χ4v) is 5.48. The highest BCUT2D eigenvalue weighted by Gasteiger charge is 2.17. The topological polar surface area (TPSA) is 72.7 Å². The van der Waals surface area contributed by atoms with Crippen LogP contribution < -0.4 is 5.32 Å². The number of thiazole rings is 1. The van der Waals surface area contributed by atoms with E-state index in [2.05, 4.69) is 67.6 Å². The first-order valence-corrected chi connectivity index (χ1v) is 13.8. The molecular formula is C27H22BrN5OS2. The number of thioether (sulfide) groups is 1. The third kappa shape index (κ3) is 5.92. The van der Waals surface area contributed by atoms with Crippen molar-refractivity contribution in [1.82, 2.24) is 19.7 Å². The van der Waals surface area contributed by atoms with Gasteiger partial charge < -0.3 is 5.32 Å². The summed E-state index contributed by atoms with van der Waals surface area (Å²) in [5.41, 5.74) is 4.28. The average Bonchev–Trinajstić information content (AvgIpc) is 3.52. The van der Waals surface area contributed by atoms with E-state index in [1.54, 1.807) is 0 Å². The first-order valence-electron chi connectivity index (χ1n) is 11.2. The van der Waals surface area contributed by atoms with Crippen molar-refractivity contribution in [2.45, 2.75) is 18.5 Å². The van der Waals surface area contributed by atoms with Crippen LogP contribution >= 0.6 is 39.0 Å². The second kappa shape index (κ2) is 11.2. The van der Waals surface area contributed by atoms with E-state index in [0.29, 0.717) is 10.3 Å². The third-order valence-corrected chi connectivity index (χ3v) is 7.75. The van der Waals surface area contributed by atoms with Crippen LogP contribution in [-0.2, 0) is 11.2 Å². The number of para-hydroxylation sites is 1. The summed E-state index contributed by atoms with van der Waals surface area (Å²) in [6, 6.07) is 26.3. The number of aryl methyl sites for hydroxylation is 1. The van der Waals surface area contributed by atoms with Crippen LogP contribution in [0.25, 0.3) is 17.1 Å². The van der Waals surface area contributed by atoms with Crippen molar-refractivity contribution in [3.8, 4) is 17.1 Å². The molecule has 5 aromatic rings. The molecule has 1 amide bonds. The maximum absolute atomic E-state index is 12.7. The minimum atomic E-state index is -0.135. The lowest BCUT2D eigenvalue weighted by Crippen LogP contribution is -2.14. The van der Waals surface area contributed by atoms with E-state index in [-0.39, 0.29) is 11.7 Å². The zero-order chi connectivity index (χ0) is 24.9. The van der Waals surface area contributed by atoms with Gasteiger partial charge >= 0.3 is 0 Å². The summed E-state index contributed by atoms with van der Waals surface area (Å²) in [6.45, 7) is 2.05. The number of carbonyl (C=O) groups excluding carboxylic acids is 1. The summed E-state index contributed by atoms with van der Waals surface area (Å²) in [5, 5.41) is 13.0. The highest BCUT2D eigenvalue weighted by atomic mass is 79.9. The fraction of sp³-hybridized carbons (Fsp3) is 0.111. The summed E-state index contributed by atoms with van der Waals surface area (Å²) in [4.78, 5) is 18.2. The second-order valence-electron chi connectivity index (χ2n) is 8.11. The van der Waals surface area contributed by atoms with Gasteiger partial charge in [-0.25, -0.2) is 4.98 Å². The molecule has 0 saturated heterocycles. The Morgan fingerprint density at radius 3 is 2.50 bits per heavy atom. The molecule has 6 nitrogen and oxygen atoms in total. The van der Waals surface area contributed by atoms with Crippen LogP contribution in [0.15, 0.2) is 94.7 Å². The Kier molecular flexibility index (Phi) is 7.60. The van der Waals surface area contributed by atoms with Gasteiger partial charge in [-0.2, -0.15) is 0 Å².